The van der Waals surface area contributed by atoms with Crippen LogP contribution in [0.1, 0.15) is 45.1 Å². The second-order valence-electron chi connectivity index (χ2n) is 6.86. The van der Waals surface area contributed by atoms with Gasteiger partial charge >= 0.3 is 0 Å². The molecule has 2 N–H and O–H groups in total. The molecule has 2 rings (SSSR count). The van der Waals surface area contributed by atoms with Crippen LogP contribution in [0.25, 0.3) is 0 Å². The van der Waals surface area contributed by atoms with Gasteiger partial charge in [0.15, 0.2) is 0 Å². The Morgan fingerprint density at radius 1 is 1.36 bits per heavy atom. The summed E-state index contributed by atoms with van der Waals surface area (Å²) in [6.07, 6.45) is 5.28. The molecule has 1 amide bonds. The number of aryl methyl sites for hydroxylation is 1. The Balaban J connectivity index is 1.73. The molecule has 0 aliphatic heterocycles. The van der Waals surface area contributed by atoms with Crippen molar-refractivity contribution in [3.63, 3.8) is 0 Å². The van der Waals surface area contributed by atoms with Crippen LogP contribution in [0.5, 0.6) is 0 Å². The number of allylic oxidation sites excluding steroid dienone is 3. The molecule has 25 heavy (non-hydrogen) atoms. The lowest BCUT2D eigenvalue weighted by Gasteiger charge is -2.22. The number of hydrazone groups is 1. The minimum Gasteiger partial charge on any atom is -0.385 e. The number of hydrogen-bond donors (Lipinski definition) is 2. The molecule has 1 aromatic carbocycles. The van der Waals surface area contributed by atoms with Crippen LogP contribution in [-0.2, 0) is 4.79 Å². The molecule has 134 valence electrons. The normalized spacial score (nSPS) is 18.6. The molecule has 0 saturated heterocycles. The van der Waals surface area contributed by atoms with Gasteiger partial charge in [0.1, 0.15) is 0 Å². The number of hydrogen-bond acceptors (Lipinski definition) is 3. The number of rotatable bonds is 7. The first-order valence-electron chi connectivity index (χ1n) is 8.94. The maximum absolute atomic E-state index is 12.0. The van der Waals surface area contributed by atoms with E-state index in [-0.39, 0.29) is 5.91 Å². The smallest absolute Gasteiger partial charge is 0.240 e. The topological polar surface area (TPSA) is 53.5 Å². The predicted molar refractivity (Wildman–Crippen MR) is 106 cm³/mol. The largest absolute Gasteiger partial charge is 0.385 e. The van der Waals surface area contributed by atoms with Crippen molar-refractivity contribution < 1.29 is 4.79 Å². The highest BCUT2D eigenvalue weighted by Gasteiger charge is 2.18. The summed E-state index contributed by atoms with van der Waals surface area (Å²) in [5.41, 5.74) is 8.30. The van der Waals surface area contributed by atoms with Gasteiger partial charge in [-0.1, -0.05) is 30.4 Å². The van der Waals surface area contributed by atoms with Crippen molar-refractivity contribution in [2.75, 3.05) is 11.9 Å². The van der Waals surface area contributed by atoms with Crippen LogP contribution < -0.4 is 10.7 Å². The third-order valence-corrected chi connectivity index (χ3v) is 4.54. The summed E-state index contributed by atoms with van der Waals surface area (Å²) >= 11 is 0. The van der Waals surface area contributed by atoms with Gasteiger partial charge in [-0.15, -0.1) is 0 Å². The van der Waals surface area contributed by atoms with Gasteiger partial charge in [-0.25, -0.2) is 5.43 Å². The second-order valence-corrected chi connectivity index (χ2v) is 6.86. The molecule has 4 nitrogen and oxygen atoms in total. The lowest BCUT2D eigenvalue weighted by atomic mass is 9.85. The first kappa shape index (κ1) is 19.0. The van der Waals surface area contributed by atoms with E-state index in [1.165, 1.54) is 11.1 Å². The zero-order valence-corrected chi connectivity index (χ0v) is 15.6. The van der Waals surface area contributed by atoms with Crippen LogP contribution in [0.15, 0.2) is 53.2 Å². The maximum atomic E-state index is 12.0. The van der Waals surface area contributed by atoms with E-state index < -0.39 is 0 Å². The van der Waals surface area contributed by atoms with Crippen molar-refractivity contribution in [2.45, 2.75) is 46.5 Å². The third-order valence-electron chi connectivity index (χ3n) is 4.54. The summed E-state index contributed by atoms with van der Waals surface area (Å²) < 4.78 is 0. The molecule has 1 aliphatic carbocycles. The van der Waals surface area contributed by atoms with Crippen LogP contribution >= 0.6 is 0 Å². The average Bonchev–Trinajstić information content (AvgIpc) is 2.58. The summed E-state index contributed by atoms with van der Waals surface area (Å²) in [4.78, 5) is 12.0. The standard InChI is InChI=1S/C21H29N3O/c1-15(2)18-11-10-17(4)20(14-18)23-24-21(25)9-6-12-22-19-8-5-7-16(3)13-19/h5,7-8,10,13,18,22H,1,6,9,11-12,14H2,2-4H3,(H,24,25)/b23-20-/t18-/m0/s1. The number of anilines is 1. The van der Waals surface area contributed by atoms with Crippen LogP contribution in [0, 0.1) is 12.8 Å². The minimum atomic E-state index is -0.0382. The third kappa shape index (κ3) is 6.22. The Morgan fingerprint density at radius 3 is 2.88 bits per heavy atom. The van der Waals surface area contributed by atoms with Crippen LogP contribution in [0.2, 0.25) is 0 Å². The van der Waals surface area contributed by atoms with E-state index in [0.29, 0.717) is 12.3 Å². The Hall–Kier alpha value is -2.36. The number of nitrogens with zero attached hydrogens (tertiary/aromatic N) is 1. The van der Waals surface area contributed by atoms with E-state index >= 15 is 0 Å². The van der Waals surface area contributed by atoms with Crippen LogP contribution in [-0.4, -0.2) is 18.2 Å². The molecule has 1 aromatic rings. The molecule has 4 heteroatoms. The van der Waals surface area contributed by atoms with Gasteiger partial charge < -0.3 is 5.32 Å². The van der Waals surface area contributed by atoms with Crippen molar-refractivity contribution in [3.8, 4) is 0 Å². The highest BCUT2D eigenvalue weighted by molar-refractivity contribution is 6.01. The van der Waals surface area contributed by atoms with E-state index in [2.05, 4.69) is 54.5 Å². The molecule has 0 radical (unpaired) electrons. The van der Waals surface area contributed by atoms with E-state index in [4.69, 9.17) is 0 Å². The van der Waals surface area contributed by atoms with Gasteiger partial charge in [0.2, 0.25) is 5.91 Å². The number of carbonyl (C=O) groups excluding carboxylic acids is 1. The van der Waals surface area contributed by atoms with Gasteiger partial charge in [0, 0.05) is 18.7 Å². The lowest BCUT2D eigenvalue weighted by Crippen LogP contribution is -2.23. The quantitative estimate of drug-likeness (QED) is 0.433. The molecule has 0 bridgehead atoms. The fourth-order valence-corrected chi connectivity index (χ4v) is 2.85. The van der Waals surface area contributed by atoms with E-state index in [9.17, 15) is 4.79 Å². The van der Waals surface area contributed by atoms with E-state index in [1.54, 1.807) is 0 Å². The first-order valence-corrected chi connectivity index (χ1v) is 8.94. The first-order chi connectivity index (χ1) is 12.0. The molecule has 0 saturated carbocycles. The molecule has 1 atom stereocenters. The molecule has 0 unspecified atom stereocenters. The molecule has 0 fully saturated rings. The molecule has 0 heterocycles. The Morgan fingerprint density at radius 2 is 2.16 bits per heavy atom. The summed E-state index contributed by atoms with van der Waals surface area (Å²) in [5.74, 6) is 0.390. The Bertz CT molecular complexity index is 688. The van der Waals surface area contributed by atoms with Gasteiger partial charge in [-0.05, 0) is 69.2 Å². The molecule has 0 aromatic heterocycles. The number of nitrogens with one attached hydrogen (secondary N) is 2. The lowest BCUT2D eigenvalue weighted by molar-refractivity contribution is -0.121. The van der Waals surface area contributed by atoms with Crippen molar-refractivity contribution in [1.29, 1.82) is 0 Å². The maximum Gasteiger partial charge on any atom is 0.240 e. The highest BCUT2D eigenvalue weighted by Crippen LogP contribution is 2.26. The minimum absolute atomic E-state index is 0.0382. The van der Waals surface area contributed by atoms with Crippen molar-refractivity contribution in [1.82, 2.24) is 5.43 Å². The van der Waals surface area contributed by atoms with Gasteiger partial charge in [0.25, 0.3) is 0 Å². The predicted octanol–water partition coefficient (Wildman–Crippen LogP) is 4.59. The summed E-state index contributed by atoms with van der Waals surface area (Å²) in [5, 5.41) is 7.67. The molecular formula is C21H29N3O. The fourth-order valence-electron chi connectivity index (χ4n) is 2.85. The zero-order chi connectivity index (χ0) is 18.2. The fraction of sp³-hybridized carbons (Fsp3) is 0.429. The Kier molecular flexibility index (Phi) is 6.99. The monoisotopic (exact) mass is 339 g/mol. The van der Waals surface area contributed by atoms with Gasteiger partial charge in [0.05, 0.1) is 5.71 Å². The van der Waals surface area contributed by atoms with Gasteiger partial charge in [-0.3, -0.25) is 4.79 Å². The SMILES string of the molecule is C=C(C)[C@H]1CC=C(C)/C(=N\NC(=O)CCCNc2cccc(C)c2)C1. The number of benzene rings is 1. The van der Waals surface area contributed by atoms with Crippen molar-refractivity contribution >= 4 is 17.3 Å². The van der Waals surface area contributed by atoms with Crippen LogP contribution in [0.4, 0.5) is 5.69 Å². The number of amides is 1. The van der Waals surface area contributed by atoms with Crippen molar-refractivity contribution in [3.05, 3.63) is 53.6 Å². The second kappa shape index (κ2) is 9.21. The van der Waals surface area contributed by atoms with Crippen molar-refractivity contribution in [2.24, 2.45) is 11.0 Å². The molecule has 0 spiro atoms. The number of carbonyl (C=O) groups is 1. The molecular weight excluding hydrogens is 310 g/mol. The van der Waals surface area contributed by atoms with Crippen LogP contribution in [0.3, 0.4) is 0 Å². The summed E-state index contributed by atoms with van der Waals surface area (Å²) in [6, 6.07) is 8.23. The summed E-state index contributed by atoms with van der Waals surface area (Å²) in [7, 11) is 0. The molecule has 1 aliphatic rings. The van der Waals surface area contributed by atoms with Gasteiger partial charge in [-0.2, -0.15) is 5.10 Å². The Labute approximate surface area is 151 Å². The average molecular weight is 339 g/mol. The highest BCUT2D eigenvalue weighted by atomic mass is 16.2. The zero-order valence-electron chi connectivity index (χ0n) is 15.6. The van der Waals surface area contributed by atoms with E-state index in [0.717, 1.165) is 42.8 Å². The summed E-state index contributed by atoms with van der Waals surface area (Å²) in [6.45, 7) is 11.0. The van der Waals surface area contributed by atoms with E-state index in [1.807, 2.05) is 19.1 Å².